The molecule has 0 spiro atoms. The summed E-state index contributed by atoms with van der Waals surface area (Å²) in [5.41, 5.74) is 3.43. The molecular formula is C21H21ClN4O2S2. The van der Waals surface area contributed by atoms with Gasteiger partial charge in [0.2, 0.25) is 0 Å². The lowest BCUT2D eigenvalue weighted by atomic mass is 9.99. The molecule has 9 heteroatoms. The van der Waals surface area contributed by atoms with Gasteiger partial charge in [-0.3, -0.25) is 14.4 Å². The predicted molar refractivity (Wildman–Crippen MR) is 122 cm³/mol. The van der Waals surface area contributed by atoms with Crippen molar-refractivity contribution < 1.29 is 9.53 Å². The highest BCUT2D eigenvalue weighted by Gasteiger charge is 2.32. The Balaban J connectivity index is 1.93. The Morgan fingerprint density at radius 2 is 1.97 bits per heavy atom. The van der Waals surface area contributed by atoms with Crippen LogP contribution in [0.4, 0.5) is 0 Å². The van der Waals surface area contributed by atoms with Gasteiger partial charge in [0.15, 0.2) is 5.82 Å². The fourth-order valence-corrected chi connectivity index (χ4v) is 4.99. The van der Waals surface area contributed by atoms with Crippen molar-refractivity contribution in [3.05, 3.63) is 62.5 Å². The van der Waals surface area contributed by atoms with E-state index in [0.29, 0.717) is 10.8 Å². The number of ether oxygens (including phenoxy) is 1. The molecular weight excluding hydrogens is 440 g/mol. The van der Waals surface area contributed by atoms with E-state index in [1.54, 1.807) is 18.3 Å². The van der Waals surface area contributed by atoms with Crippen LogP contribution >= 0.6 is 35.6 Å². The normalized spacial score (nSPS) is 16.3. The number of esters is 1. The number of carbonyl (C=O) groups excluding carboxylic acids is 1. The summed E-state index contributed by atoms with van der Waals surface area (Å²) in [5.74, 6) is 0.996. The summed E-state index contributed by atoms with van der Waals surface area (Å²) in [7, 11) is 0. The fraction of sp³-hybridized carbons (Fsp3) is 0.333. The van der Waals surface area contributed by atoms with Crippen LogP contribution < -0.4 is 0 Å². The van der Waals surface area contributed by atoms with Crippen LogP contribution in [-0.4, -0.2) is 31.9 Å². The Morgan fingerprint density at radius 1 is 1.27 bits per heavy atom. The third-order valence-corrected chi connectivity index (χ3v) is 6.57. The van der Waals surface area contributed by atoms with E-state index < -0.39 is 11.5 Å². The minimum absolute atomic E-state index is 0.0487. The number of rotatable bonds is 4. The first kappa shape index (κ1) is 21.1. The van der Waals surface area contributed by atoms with Crippen molar-refractivity contribution in [3.8, 4) is 5.00 Å². The summed E-state index contributed by atoms with van der Waals surface area (Å²) < 4.78 is 7.27. The molecule has 6 nitrogen and oxygen atoms in total. The van der Waals surface area contributed by atoms with E-state index in [2.05, 4.69) is 36.7 Å². The zero-order chi connectivity index (χ0) is 21.6. The second-order valence-corrected chi connectivity index (χ2v) is 9.56. The molecule has 2 atom stereocenters. The number of hydrogen-bond acceptors (Lipinski definition) is 7. The quantitative estimate of drug-likeness (QED) is 0.337. The first-order valence-corrected chi connectivity index (χ1v) is 11.2. The van der Waals surface area contributed by atoms with E-state index in [1.165, 1.54) is 4.88 Å². The van der Waals surface area contributed by atoms with Crippen LogP contribution in [0.5, 0.6) is 0 Å². The lowest BCUT2D eigenvalue weighted by molar-refractivity contribution is -0.144. The molecule has 1 aliphatic heterocycles. The molecule has 0 radical (unpaired) electrons. The maximum absolute atomic E-state index is 12.5. The average Bonchev–Trinajstić information content (AvgIpc) is 3.14. The number of carbonyl (C=O) groups is 1. The average molecular weight is 461 g/mol. The highest BCUT2D eigenvalue weighted by Crippen LogP contribution is 2.39. The molecule has 1 aliphatic rings. The van der Waals surface area contributed by atoms with E-state index in [9.17, 15) is 4.79 Å². The molecule has 3 aromatic rings. The first-order valence-electron chi connectivity index (χ1n) is 9.50. The number of thiophene rings is 1. The van der Waals surface area contributed by atoms with Crippen LogP contribution in [0.15, 0.2) is 29.3 Å². The van der Waals surface area contributed by atoms with Crippen LogP contribution in [-0.2, 0) is 9.53 Å². The minimum Gasteiger partial charge on any atom is -0.452 e. The second-order valence-electron chi connectivity index (χ2n) is 7.20. The highest BCUT2D eigenvalue weighted by molar-refractivity contribution is 7.80. The third kappa shape index (κ3) is 3.79. The monoisotopic (exact) mass is 460 g/mol. The Hall–Kier alpha value is -2.16. The number of benzene rings is 1. The minimum atomic E-state index is -0.532. The van der Waals surface area contributed by atoms with E-state index in [4.69, 9.17) is 21.3 Å². The number of aryl methyl sites for hydroxylation is 2. The van der Waals surface area contributed by atoms with Crippen molar-refractivity contribution in [2.45, 2.75) is 45.6 Å². The molecule has 4 rings (SSSR count). The Labute approximate surface area is 189 Å². The van der Waals surface area contributed by atoms with Crippen LogP contribution in [0.2, 0.25) is 5.02 Å². The van der Waals surface area contributed by atoms with Gasteiger partial charge >= 0.3 is 5.97 Å². The number of hydrogen-bond donors (Lipinski definition) is 1. The van der Waals surface area contributed by atoms with Gasteiger partial charge in [-0.15, -0.1) is 34.2 Å². The molecule has 156 valence electrons. The SMILES string of the molecule is Cc1sc2c(c1C)C(c1ccc(Cl)cc1)=N[C@H](CC(=O)OC(C)S)c1nnc(C)n1-2. The molecule has 0 bridgehead atoms. The molecule has 30 heavy (non-hydrogen) atoms. The molecule has 0 aliphatic carbocycles. The van der Waals surface area contributed by atoms with Crippen LogP contribution in [0, 0.1) is 20.8 Å². The topological polar surface area (TPSA) is 69.4 Å². The molecule has 0 amide bonds. The summed E-state index contributed by atoms with van der Waals surface area (Å²) in [4.78, 5) is 18.7. The zero-order valence-electron chi connectivity index (χ0n) is 17.0. The summed E-state index contributed by atoms with van der Waals surface area (Å²) in [6, 6.07) is 7.05. The van der Waals surface area contributed by atoms with Crippen LogP contribution in [0.1, 0.15) is 52.6 Å². The number of halogens is 1. The van der Waals surface area contributed by atoms with Crippen molar-refractivity contribution >= 4 is 47.2 Å². The molecule has 1 unspecified atom stereocenters. The smallest absolute Gasteiger partial charge is 0.309 e. The number of aliphatic imine (C=N–C) groups is 1. The molecule has 0 fully saturated rings. The number of thiol groups is 1. The predicted octanol–water partition coefficient (Wildman–Crippen LogP) is 5.01. The Morgan fingerprint density at radius 3 is 2.63 bits per heavy atom. The van der Waals surface area contributed by atoms with Gasteiger partial charge in [-0.05, 0) is 45.4 Å². The summed E-state index contributed by atoms with van der Waals surface area (Å²) >= 11 is 11.9. The van der Waals surface area contributed by atoms with E-state index in [0.717, 1.165) is 33.2 Å². The summed E-state index contributed by atoms with van der Waals surface area (Å²) in [5, 5.41) is 10.3. The zero-order valence-corrected chi connectivity index (χ0v) is 19.5. The van der Waals surface area contributed by atoms with Gasteiger partial charge in [0.05, 0.1) is 12.1 Å². The van der Waals surface area contributed by atoms with Crippen molar-refractivity contribution in [3.63, 3.8) is 0 Å². The van der Waals surface area contributed by atoms with Gasteiger partial charge in [-0.25, -0.2) is 0 Å². The maximum atomic E-state index is 12.5. The third-order valence-electron chi connectivity index (χ3n) is 5.02. The lowest BCUT2D eigenvalue weighted by Crippen LogP contribution is -2.15. The van der Waals surface area contributed by atoms with Crippen molar-refractivity contribution in [1.29, 1.82) is 0 Å². The van der Waals surface area contributed by atoms with Gasteiger partial charge in [0, 0.05) is 21.0 Å². The molecule has 0 saturated carbocycles. The van der Waals surface area contributed by atoms with E-state index >= 15 is 0 Å². The number of fused-ring (bicyclic) bond motifs is 3. The molecule has 1 aromatic carbocycles. The lowest BCUT2D eigenvalue weighted by Gasteiger charge is -2.13. The van der Waals surface area contributed by atoms with Crippen LogP contribution in [0.3, 0.4) is 0 Å². The standard InChI is InChI=1S/C21H21ClN4O2S2/c1-10-11(2)30-21-18(10)19(14-5-7-15(22)8-6-14)23-16(9-17(27)28-13(4)29)20-25-24-12(3)26(20)21/h5-8,13,16,29H,9H2,1-4H3/t13?,16-/m1/s1. The van der Waals surface area contributed by atoms with Gasteiger partial charge in [0.1, 0.15) is 22.3 Å². The van der Waals surface area contributed by atoms with Crippen molar-refractivity contribution in [1.82, 2.24) is 14.8 Å². The molecule has 0 N–H and O–H groups in total. The molecule has 2 aromatic heterocycles. The second kappa shape index (κ2) is 8.17. The highest BCUT2D eigenvalue weighted by atomic mass is 35.5. The van der Waals surface area contributed by atoms with Gasteiger partial charge in [-0.1, -0.05) is 23.7 Å². The summed E-state index contributed by atoms with van der Waals surface area (Å²) in [6.07, 6.45) is 0.0487. The largest absolute Gasteiger partial charge is 0.452 e. The van der Waals surface area contributed by atoms with E-state index in [-0.39, 0.29) is 12.4 Å². The fourth-order valence-electron chi connectivity index (χ4n) is 3.53. The summed E-state index contributed by atoms with van der Waals surface area (Å²) in [6.45, 7) is 7.79. The number of aromatic nitrogens is 3. The van der Waals surface area contributed by atoms with Crippen molar-refractivity contribution in [2.24, 2.45) is 4.99 Å². The van der Waals surface area contributed by atoms with E-state index in [1.807, 2.05) is 35.8 Å². The van der Waals surface area contributed by atoms with Crippen LogP contribution in [0.25, 0.3) is 5.00 Å². The Bertz CT molecular complexity index is 1150. The maximum Gasteiger partial charge on any atom is 0.309 e. The molecule has 3 heterocycles. The number of nitrogens with zero attached hydrogens (tertiary/aromatic N) is 4. The van der Waals surface area contributed by atoms with Gasteiger partial charge in [0.25, 0.3) is 0 Å². The first-order chi connectivity index (χ1) is 14.3. The van der Waals surface area contributed by atoms with Gasteiger partial charge in [-0.2, -0.15) is 0 Å². The van der Waals surface area contributed by atoms with Gasteiger partial charge < -0.3 is 4.74 Å². The Kier molecular flexibility index (Phi) is 5.74. The molecule has 0 saturated heterocycles. The van der Waals surface area contributed by atoms with Crippen molar-refractivity contribution in [2.75, 3.05) is 0 Å².